The first-order chi connectivity index (χ1) is 15.6. The predicted octanol–water partition coefficient (Wildman–Crippen LogP) is 5.22. The smallest absolute Gasteiger partial charge is 0.320 e. The molecule has 0 unspecified atom stereocenters. The van der Waals surface area contributed by atoms with Gasteiger partial charge in [-0.25, -0.2) is 14.1 Å². The summed E-state index contributed by atoms with van der Waals surface area (Å²) >= 11 is 17.9. The van der Waals surface area contributed by atoms with Crippen molar-refractivity contribution in [1.29, 1.82) is 0 Å². The largest absolute Gasteiger partial charge is 0.434 e. The van der Waals surface area contributed by atoms with Gasteiger partial charge < -0.3 is 5.32 Å². The van der Waals surface area contributed by atoms with Gasteiger partial charge in [-0.2, -0.15) is 28.5 Å². The number of hydrogen-bond donors (Lipinski definition) is 1. The molecule has 4 aromatic rings. The average molecular weight is 521 g/mol. The summed E-state index contributed by atoms with van der Waals surface area (Å²) in [5.41, 5.74) is -2.74. The zero-order valence-electron chi connectivity index (χ0n) is 15.8. The summed E-state index contributed by atoms with van der Waals surface area (Å²) in [5, 5.41) is 12.8. The lowest BCUT2D eigenvalue weighted by molar-refractivity contribution is -0.143. The Kier molecular flexibility index (Phi) is 5.99. The molecule has 0 saturated carbocycles. The van der Waals surface area contributed by atoms with E-state index in [-0.39, 0.29) is 16.5 Å². The van der Waals surface area contributed by atoms with Gasteiger partial charge in [-0.15, -0.1) is 4.80 Å². The molecule has 0 aliphatic heterocycles. The van der Waals surface area contributed by atoms with Crippen molar-refractivity contribution in [2.75, 3.05) is 5.32 Å². The number of nitrogens with one attached hydrogen (secondary N) is 1. The number of alkyl halides is 3. The Balaban J connectivity index is 1.72. The van der Waals surface area contributed by atoms with Crippen LogP contribution in [-0.2, 0) is 6.18 Å². The van der Waals surface area contributed by atoms with Gasteiger partial charge in [0.15, 0.2) is 11.5 Å². The first-order valence-corrected chi connectivity index (χ1v) is 9.83. The molecule has 3 heterocycles. The molecule has 15 heteroatoms. The summed E-state index contributed by atoms with van der Waals surface area (Å²) in [6, 6.07) is 2.80. The lowest BCUT2D eigenvalue weighted by Gasteiger charge is -2.15. The molecule has 170 valence electrons. The first-order valence-electron chi connectivity index (χ1n) is 8.70. The minimum absolute atomic E-state index is 0.000345. The number of carbonyl (C=O) groups excluding carboxylic acids is 1. The highest BCUT2D eigenvalue weighted by Gasteiger charge is 2.41. The van der Waals surface area contributed by atoms with Gasteiger partial charge in [0.1, 0.15) is 11.5 Å². The normalized spacial score (nSPS) is 11.6. The van der Waals surface area contributed by atoms with Crippen LogP contribution in [0.15, 0.2) is 43.0 Å². The molecule has 4 rings (SSSR count). The Hall–Kier alpha value is -3.22. The minimum atomic E-state index is -5.05. The van der Waals surface area contributed by atoms with Crippen molar-refractivity contribution in [3.8, 4) is 11.5 Å². The molecule has 1 aromatic carbocycles. The molecule has 0 atom stereocenters. The van der Waals surface area contributed by atoms with Crippen LogP contribution >= 0.6 is 34.8 Å². The lowest BCUT2D eigenvalue weighted by Crippen LogP contribution is -2.21. The van der Waals surface area contributed by atoms with Crippen LogP contribution in [0.2, 0.25) is 15.1 Å². The fraction of sp³-hybridized carbons (Fsp3) is 0.0556. The van der Waals surface area contributed by atoms with Crippen molar-refractivity contribution in [1.82, 2.24) is 29.8 Å². The molecule has 1 N–H and O–H groups in total. The number of rotatable bonds is 4. The van der Waals surface area contributed by atoms with Gasteiger partial charge in [0.05, 0.1) is 51.1 Å². The van der Waals surface area contributed by atoms with E-state index in [0.29, 0.717) is 10.9 Å². The summed E-state index contributed by atoms with van der Waals surface area (Å²) in [4.78, 5) is 17.8. The van der Waals surface area contributed by atoms with E-state index in [1.54, 1.807) is 0 Å². The molecule has 0 radical (unpaired) electrons. The molecule has 8 nitrogen and oxygen atoms in total. The Morgan fingerprint density at radius 3 is 2.15 bits per heavy atom. The molecule has 0 aliphatic rings. The molecule has 3 aromatic heterocycles. The van der Waals surface area contributed by atoms with Crippen LogP contribution < -0.4 is 5.32 Å². The van der Waals surface area contributed by atoms with Gasteiger partial charge in [-0.05, 0) is 18.2 Å². The summed E-state index contributed by atoms with van der Waals surface area (Å²) in [5.74, 6) is -1.87. The van der Waals surface area contributed by atoms with Crippen LogP contribution in [-0.4, -0.2) is 35.7 Å². The maximum absolute atomic E-state index is 13.9. The molecule has 0 saturated heterocycles. The van der Waals surface area contributed by atoms with E-state index in [1.165, 1.54) is 18.5 Å². The number of hydrogen-bond acceptors (Lipinski definition) is 5. The van der Waals surface area contributed by atoms with Gasteiger partial charge in [0.2, 0.25) is 0 Å². The maximum Gasteiger partial charge on any atom is 0.434 e. The van der Waals surface area contributed by atoms with E-state index in [9.17, 15) is 22.4 Å². The molecule has 0 spiro atoms. The van der Waals surface area contributed by atoms with Gasteiger partial charge >= 0.3 is 6.18 Å². The summed E-state index contributed by atoms with van der Waals surface area (Å²) in [6.07, 6.45) is -0.415. The Morgan fingerprint density at radius 1 is 0.939 bits per heavy atom. The molecule has 0 fully saturated rings. The third-order valence-electron chi connectivity index (χ3n) is 4.16. The van der Waals surface area contributed by atoms with Gasteiger partial charge in [-0.3, -0.25) is 4.79 Å². The molecule has 1 amide bonds. The number of halogens is 7. The number of benzene rings is 1. The molecular formula is C18H8Cl3F4N7O. The van der Waals surface area contributed by atoms with Crippen molar-refractivity contribution in [2.45, 2.75) is 6.18 Å². The lowest BCUT2D eigenvalue weighted by atomic mass is 10.2. The number of anilines is 1. The van der Waals surface area contributed by atoms with Crippen molar-refractivity contribution in [3.63, 3.8) is 0 Å². The van der Waals surface area contributed by atoms with Crippen LogP contribution in [0.25, 0.3) is 11.5 Å². The van der Waals surface area contributed by atoms with E-state index >= 15 is 0 Å². The second-order valence-corrected chi connectivity index (χ2v) is 7.56. The average Bonchev–Trinajstić information content (AvgIpc) is 3.37. The monoisotopic (exact) mass is 519 g/mol. The molecule has 0 aliphatic carbocycles. The van der Waals surface area contributed by atoms with Crippen molar-refractivity contribution in [3.05, 3.63) is 75.1 Å². The zero-order chi connectivity index (χ0) is 23.9. The zero-order valence-corrected chi connectivity index (χ0v) is 18.0. The number of aromatic nitrogens is 6. The van der Waals surface area contributed by atoms with Gasteiger partial charge in [0, 0.05) is 0 Å². The topological polar surface area (TPSA) is 90.5 Å². The number of nitrogens with zero attached hydrogens (tertiary/aromatic N) is 6. The highest BCUT2D eigenvalue weighted by Crippen LogP contribution is 2.38. The Morgan fingerprint density at radius 2 is 1.58 bits per heavy atom. The number of pyridine rings is 1. The van der Waals surface area contributed by atoms with Gasteiger partial charge in [-0.1, -0.05) is 34.8 Å². The Bertz CT molecular complexity index is 1330. The molecular weight excluding hydrogens is 513 g/mol. The fourth-order valence-corrected chi connectivity index (χ4v) is 3.73. The summed E-state index contributed by atoms with van der Waals surface area (Å²) in [7, 11) is 0. The number of carbonyl (C=O) groups is 1. The van der Waals surface area contributed by atoms with E-state index in [2.05, 4.69) is 25.6 Å². The van der Waals surface area contributed by atoms with E-state index < -0.39 is 44.9 Å². The summed E-state index contributed by atoms with van der Waals surface area (Å²) in [6.45, 7) is 0. The predicted molar refractivity (Wildman–Crippen MR) is 111 cm³/mol. The SMILES string of the molecule is O=C(Nc1cnc(-n2nccn2)c(Cl)c1)c1cnn(-c2c(Cl)cc(F)cc2Cl)c1C(F)(F)F. The van der Waals surface area contributed by atoms with Crippen LogP contribution in [0.1, 0.15) is 16.1 Å². The maximum atomic E-state index is 13.9. The van der Waals surface area contributed by atoms with Crippen molar-refractivity contribution >= 4 is 46.4 Å². The molecule has 0 bridgehead atoms. The van der Waals surface area contributed by atoms with Crippen LogP contribution in [0.5, 0.6) is 0 Å². The van der Waals surface area contributed by atoms with Crippen LogP contribution in [0, 0.1) is 5.82 Å². The second kappa shape index (κ2) is 8.61. The van der Waals surface area contributed by atoms with E-state index in [4.69, 9.17) is 34.8 Å². The third kappa shape index (κ3) is 4.49. The van der Waals surface area contributed by atoms with Crippen molar-refractivity contribution in [2.24, 2.45) is 0 Å². The minimum Gasteiger partial charge on any atom is -0.320 e. The van der Waals surface area contributed by atoms with Crippen LogP contribution in [0.3, 0.4) is 0 Å². The fourth-order valence-electron chi connectivity index (χ4n) is 2.86. The second-order valence-electron chi connectivity index (χ2n) is 6.34. The first kappa shape index (κ1) is 23.0. The quantitative estimate of drug-likeness (QED) is 0.373. The summed E-state index contributed by atoms with van der Waals surface area (Å²) < 4.78 is 55.5. The van der Waals surface area contributed by atoms with Gasteiger partial charge in [0.25, 0.3) is 5.91 Å². The highest BCUT2D eigenvalue weighted by atomic mass is 35.5. The van der Waals surface area contributed by atoms with E-state index in [0.717, 1.165) is 23.1 Å². The van der Waals surface area contributed by atoms with Crippen LogP contribution in [0.4, 0.5) is 23.2 Å². The highest BCUT2D eigenvalue weighted by molar-refractivity contribution is 6.37. The standard InChI is InChI=1S/C18H8Cl3F4N7O/c19-11-3-8(22)4-12(20)14(11)31-15(18(23,24)25)10(7-29-31)17(33)30-9-5-13(21)16(26-6-9)32-27-1-2-28-32/h1-7H,(H,30,33). The van der Waals surface area contributed by atoms with Crippen molar-refractivity contribution < 1.29 is 22.4 Å². The Labute approximate surface area is 196 Å². The third-order valence-corrected chi connectivity index (χ3v) is 5.02. The van der Waals surface area contributed by atoms with E-state index in [1.807, 2.05) is 0 Å². The number of amides is 1. The molecule has 33 heavy (non-hydrogen) atoms.